The van der Waals surface area contributed by atoms with Gasteiger partial charge in [-0.2, -0.15) is 0 Å². The molecule has 1 unspecified atom stereocenters. The van der Waals surface area contributed by atoms with Crippen LogP contribution in [0.1, 0.15) is 44.6 Å². The molecule has 1 aliphatic heterocycles. The van der Waals surface area contributed by atoms with Crippen molar-refractivity contribution in [2.24, 2.45) is 5.92 Å². The third kappa shape index (κ3) is 11.2. The van der Waals surface area contributed by atoms with Gasteiger partial charge in [0.1, 0.15) is 6.04 Å². The summed E-state index contributed by atoms with van der Waals surface area (Å²) >= 11 is 0. The lowest BCUT2D eigenvalue weighted by molar-refractivity contribution is -0.139. The molecule has 0 saturated carbocycles. The largest absolute Gasteiger partial charge is 0.358 e. The molecule has 0 spiro atoms. The van der Waals surface area contributed by atoms with Gasteiger partial charge in [-0.3, -0.25) is 38.5 Å². The van der Waals surface area contributed by atoms with Crippen LogP contribution in [0.4, 0.5) is 0 Å². The van der Waals surface area contributed by atoms with Crippen molar-refractivity contribution < 1.29 is 33.6 Å². The minimum Gasteiger partial charge on any atom is -0.358 e. The van der Waals surface area contributed by atoms with Crippen molar-refractivity contribution in [3.63, 3.8) is 0 Å². The van der Waals surface area contributed by atoms with E-state index in [9.17, 15) is 33.6 Å². The smallest absolute Gasteiger partial charge is 0.243 e. The van der Waals surface area contributed by atoms with Gasteiger partial charge in [-0.25, -0.2) is 0 Å². The Hall–Kier alpha value is -4.29. The first kappa shape index (κ1) is 31.9. The minimum absolute atomic E-state index is 0.154. The van der Waals surface area contributed by atoms with E-state index in [0.29, 0.717) is 25.8 Å². The number of hydrogen-bond acceptors (Lipinski definition) is 7. The number of nitrogens with zero attached hydrogens (tertiary/aromatic N) is 1. The predicted octanol–water partition coefficient (Wildman–Crippen LogP) is -1.24. The average Bonchev–Trinajstić information content (AvgIpc) is 3.19. The molecule has 1 heterocycles. The number of benzene rings is 1. The number of likely N-dealkylation sites (tertiary alicyclic amines) is 1. The van der Waals surface area contributed by atoms with Crippen LogP contribution in [0.3, 0.4) is 0 Å². The highest BCUT2D eigenvalue weighted by Crippen LogP contribution is 2.19. The Morgan fingerprint density at radius 1 is 0.850 bits per heavy atom. The summed E-state index contributed by atoms with van der Waals surface area (Å²) in [5.41, 5.74) is 0.794. The van der Waals surface area contributed by atoms with E-state index >= 15 is 0 Å². The molecule has 0 aromatic heterocycles. The molecule has 0 radical (unpaired) electrons. The average molecular weight is 559 g/mol. The summed E-state index contributed by atoms with van der Waals surface area (Å²) in [7, 11) is 1.44. The van der Waals surface area contributed by atoms with Gasteiger partial charge in [-0.15, -0.1) is 0 Å². The van der Waals surface area contributed by atoms with Gasteiger partial charge in [-0.1, -0.05) is 43.7 Å². The Bertz CT molecular complexity index is 1080. The van der Waals surface area contributed by atoms with Crippen LogP contribution in [-0.2, 0) is 40.0 Å². The van der Waals surface area contributed by atoms with E-state index in [1.165, 1.54) is 11.9 Å². The summed E-state index contributed by atoms with van der Waals surface area (Å²) in [4.78, 5) is 85.5. The molecule has 7 amide bonds. The summed E-state index contributed by atoms with van der Waals surface area (Å²) in [6.07, 6.45) is 2.38. The number of rotatable bonds is 16. The van der Waals surface area contributed by atoms with Crippen molar-refractivity contribution in [1.29, 1.82) is 0 Å². The second kappa shape index (κ2) is 16.6. The van der Waals surface area contributed by atoms with Crippen LogP contribution in [0, 0.1) is 5.92 Å². The molecule has 13 nitrogen and oxygen atoms in total. The molecule has 1 fully saturated rings. The molecule has 218 valence electrons. The highest BCUT2D eigenvalue weighted by molar-refractivity contribution is 6.03. The molecular weight excluding hydrogens is 520 g/mol. The molecule has 13 heteroatoms. The van der Waals surface area contributed by atoms with Crippen LogP contribution in [-0.4, -0.2) is 85.5 Å². The number of carbonyl (C=O) groups excluding carboxylic acids is 7. The first-order valence-electron chi connectivity index (χ1n) is 13.3. The van der Waals surface area contributed by atoms with E-state index in [1.54, 1.807) is 31.2 Å². The van der Waals surface area contributed by atoms with Crippen molar-refractivity contribution in [2.75, 3.05) is 33.2 Å². The van der Waals surface area contributed by atoms with Crippen LogP contribution in [0.5, 0.6) is 0 Å². The highest BCUT2D eigenvalue weighted by Gasteiger charge is 2.34. The Balaban J connectivity index is 1.67. The molecule has 5 N–H and O–H groups in total. The SMILES string of the molecule is CNC(=O)CNC(=O)[C@H](Cc1ccccc1)NC(=O)CNC(=O)CNC(=O)CCCCCN1C(=O)CC(C)C1=O. The Kier molecular flexibility index (Phi) is 13.3. The summed E-state index contributed by atoms with van der Waals surface area (Å²) in [6, 6.07) is 8.03. The maximum atomic E-state index is 12.6. The lowest BCUT2D eigenvalue weighted by Gasteiger charge is -2.19. The fourth-order valence-corrected chi connectivity index (χ4v) is 4.01. The van der Waals surface area contributed by atoms with Gasteiger partial charge in [0, 0.05) is 38.8 Å². The van der Waals surface area contributed by atoms with E-state index in [1.807, 2.05) is 6.07 Å². The molecule has 1 aromatic rings. The van der Waals surface area contributed by atoms with Crippen LogP contribution >= 0.6 is 0 Å². The number of imide groups is 1. The molecule has 1 aliphatic rings. The van der Waals surface area contributed by atoms with Crippen LogP contribution in [0.15, 0.2) is 30.3 Å². The monoisotopic (exact) mass is 558 g/mol. The zero-order chi connectivity index (χ0) is 29.5. The lowest BCUT2D eigenvalue weighted by atomic mass is 10.1. The predicted molar refractivity (Wildman–Crippen MR) is 144 cm³/mol. The van der Waals surface area contributed by atoms with Crippen molar-refractivity contribution in [3.8, 4) is 0 Å². The topological polar surface area (TPSA) is 183 Å². The van der Waals surface area contributed by atoms with Crippen LogP contribution in [0.25, 0.3) is 0 Å². The second-order valence-corrected chi connectivity index (χ2v) is 9.55. The van der Waals surface area contributed by atoms with Gasteiger partial charge in [0.2, 0.25) is 41.4 Å². The number of nitrogens with one attached hydrogen (secondary N) is 5. The molecule has 2 atom stereocenters. The molecule has 1 saturated heterocycles. The van der Waals surface area contributed by atoms with Gasteiger partial charge < -0.3 is 26.6 Å². The van der Waals surface area contributed by atoms with Crippen molar-refractivity contribution in [1.82, 2.24) is 31.5 Å². The lowest BCUT2D eigenvalue weighted by Crippen LogP contribution is -2.52. The Morgan fingerprint density at radius 2 is 1.50 bits per heavy atom. The molecule has 2 rings (SSSR count). The van der Waals surface area contributed by atoms with Gasteiger partial charge in [0.25, 0.3) is 0 Å². The number of hydrogen-bond donors (Lipinski definition) is 5. The molecular formula is C27H38N6O7. The van der Waals surface area contributed by atoms with Crippen molar-refractivity contribution >= 4 is 41.4 Å². The van der Waals surface area contributed by atoms with E-state index in [0.717, 1.165) is 5.56 Å². The summed E-state index contributed by atoms with van der Waals surface area (Å²) < 4.78 is 0. The van der Waals surface area contributed by atoms with Crippen LogP contribution < -0.4 is 26.6 Å². The number of unbranched alkanes of at least 4 members (excludes halogenated alkanes) is 2. The fourth-order valence-electron chi connectivity index (χ4n) is 4.01. The number of carbonyl (C=O) groups is 7. The minimum atomic E-state index is -0.971. The van der Waals surface area contributed by atoms with E-state index < -0.39 is 36.2 Å². The zero-order valence-corrected chi connectivity index (χ0v) is 22.9. The normalized spacial score (nSPS) is 15.2. The van der Waals surface area contributed by atoms with Gasteiger partial charge in [-0.05, 0) is 18.4 Å². The van der Waals surface area contributed by atoms with Gasteiger partial charge in [0.05, 0.1) is 19.6 Å². The quantitative estimate of drug-likeness (QED) is 0.124. The highest BCUT2D eigenvalue weighted by atomic mass is 16.2. The summed E-state index contributed by atoms with van der Waals surface area (Å²) in [5, 5.41) is 12.3. The van der Waals surface area contributed by atoms with Crippen molar-refractivity contribution in [2.45, 2.75) is 51.5 Å². The third-order valence-corrected chi connectivity index (χ3v) is 6.28. The number of likely N-dealkylation sites (N-methyl/N-ethyl adjacent to an activating group) is 1. The molecule has 0 bridgehead atoms. The Labute approximate surface area is 233 Å². The van der Waals surface area contributed by atoms with Gasteiger partial charge in [0.15, 0.2) is 0 Å². The molecule has 0 aliphatic carbocycles. The standard InChI is InChI=1S/C27H38N6O7/c1-18-13-25(38)33(27(18)40)12-8-4-7-11-21(34)29-16-23(36)30-17-24(37)32-20(14-19-9-5-3-6-10-19)26(39)31-15-22(35)28-2/h3,5-6,9-10,18,20H,4,7-8,11-17H2,1-2H3,(H,28,35)(H,29,34)(H,30,36)(H,31,39)(H,32,37)/t18?,20-/m0/s1. The van der Waals surface area contributed by atoms with Crippen LogP contribution in [0.2, 0.25) is 0 Å². The van der Waals surface area contributed by atoms with E-state index in [-0.39, 0.29) is 56.0 Å². The first-order chi connectivity index (χ1) is 19.1. The van der Waals surface area contributed by atoms with E-state index in [4.69, 9.17) is 0 Å². The maximum Gasteiger partial charge on any atom is 0.243 e. The second-order valence-electron chi connectivity index (χ2n) is 9.55. The summed E-state index contributed by atoms with van der Waals surface area (Å²) in [5.74, 6) is -3.05. The first-order valence-corrected chi connectivity index (χ1v) is 13.3. The third-order valence-electron chi connectivity index (χ3n) is 6.28. The fraction of sp³-hybridized carbons (Fsp3) is 0.519. The maximum absolute atomic E-state index is 12.6. The number of amides is 7. The van der Waals surface area contributed by atoms with E-state index in [2.05, 4.69) is 26.6 Å². The van der Waals surface area contributed by atoms with Crippen molar-refractivity contribution in [3.05, 3.63) is 35.9 Å². The zero-order valence-electron chi connectivity index (χ0n) is 22.9. The summed E-state index contributed by atoms with van der Waals surface area (Å²) in [6.45, 7) is 1.10. The van der Waals surface area contributed by atoms with Gasteiger partial charge >= 0.3 is 0 Å². The Morgan fingerprint density at radius 3 is 2.15 bits per heavy atom. The molecule has 40 heavy (non-hydrogen) atoms. The molecule has 1 aromatic carbocycles.